The largest absolute Gasteiger partial charge is 0.362 e. The standard InChI is InChI=1S/C20H25N5O5/c1-29-19(30-2)14-22-20(26)15-6-7-16(17(13-15)25(27)28)23-9-11-24(12-10-23)18-5-3-4-8-21-18/h3-8,13,19H,9-12,14H2,1-2H3,(H,22,26). The van der Waals surface area contributed by atoms with Crippen molar-refractivity contribution in [1.29, 1.82) is 0 Å². The molecule has 0 saturated carbocycles. The van der Waals surface area contributed by atoms with Crippen LogP contribution in [-0.4, -0.2) is 69.0 Å². The molecule has 1 aliphatic heterocycles. The van der Waals surface area contributed by atoms with E-state index in [9.17, 15) is 14.9 Å². The quantitative estimate of drug-likeness (QED) is 0.394. The van der Waals surface area contributed by atoms with E-state index in [0.717, 1.165) is 5.82 Å². The van der Waals surface area contributed by atoms with Gasteiger partial charge in [-0.15, -0.1) is 0 Å². The van der Waals surface area contributed by atoms with Crippen LogP contribution in [0.25, 0.3) is 0 Å². The number of hydrogen-bond donors (Lipinski definition) is 1. The van der Waals surface area contributed by atoms with Gasteiger partial charge in [-0.1, -0.05) is 6.07 Å². The molecule has 1 amide bonds. The first-order chi connectivity index (χ1) is 14.5. The summed E-state index contributed by atoms with van der Waals surface area (Å²) in [6, 6.07) is 10.3. The highest BCUT2D eigenvalue weighted by molar-refractivity contribution is 5.95. The molecule has 1 aromatic heterocycles. The van der Waals surface area contributed by atoms with Crippen LogP contribution in [-0.2, 0) is 9.47 Å². The molecule has 0 radical (unpaired) electrons. The van der Waals surface area contributed by atoms with Gasteiger partial charge in [0.15, 0.2) is 6.29 Å². The van der Waals surface area contributed by atoms with Crippen LogP contribution in [0.5, 0.6) is 0 Å². The van der Waals surface area contributed by atoms with Gasteiger partial charge in [0, 0.05) is 58.2 Å². The minimum Gasteiger partial charge on any atom is -0.362 e. The summed E-state index contributed by atoms with van der Waals surface area (Å²) >= 11 is 0. The van der Waals surface area contributed by atoms with Crippen molar-refractivity contribution in [1.82, 2.24) is 10.3 Å². The second kappa shape index (κ2) is 9.99. The maximum absolute atomic E-state index is 12.4. The Morgan fingerprint density at radius 1 is 1.17 bits per heavy atom. The molecule has 30 heavy (non-hydrogen) atoms. The molecule has 2 aromatic rings. The van der Waals surface area contributed by atoms with Gasteiger partial charge in [-0.05, 0) is 24.3 Å². The average Bonchev–Trinajstić information content (AvgIpc) is 2.80. The van der Waals surface area contributed by atoms with Gasteiger partial charge in [0.05, 0.1) is 11.5 Å². The highest BCUT2D eigenvalue weighted by Crippen LogP contribution is 2.30. The lowest BCUT2D eigenvalue weighted by Crippen LogP contribution is -2.47. The van der Waals surface area contributed by atoms with Crippen LogP contribution in [0.3, 0.4) is 0 Å². The lowest BCUT2D eigenvalue weighted by atomic mass is 10.1. The van der Waals surface area contributed by atoms with Crippen molar-refractivity contribution in [3.8, 4) is 0 Å². The van der Waals surface area contributed by atoms with Gasteiger partial charge in [-0.25, -0.2) is 4.98 Å². The second-order valence-corrected chi connectivity index (χ2v) is 6.73. The summed E-state index contributed by atoms with van der Waals surface area (Å²) in [7, 11) is 2.93. The third-order valence-electron chi connectivity index (χ3n) is 4.98. The van der Waals surface area contributed by atoms with Gasteiger partial charge in [0.2, 0.25) is 0 Å². The molecule has 10 nitrogen and oxygen atoms in total. The number of carbonyl (C=O) groups is 1. The number of nitrogens with zero attached hydrogens (tertiary/aromatic N) is 4. The van der Waals surface area contributed by atoms with Crippen molar-refractivity contribution in [3.63, 3.8) is 0 Å². The van der Waals surface area contributed by atoms with Crippen LogP contribution >= 0.6 is 0 Å². The first-order valence-electron chi connectivity index (χ1n) is 9.56. The molecule has 0 spiro atoms. The fourth-order valence-electron chi connectivity index (χ4n) is 3.34. The Bertz CT molecular complexity index is 867. The summed E-state index contributed by atoms with van der Waals surface area (Å²) in [4.78, 5) is 32.1. The van der Waals surface area contributed by atoms with E-state index in [1.54, 1.807) is 18.3 Å². The van der Waals surface area contributed by atoms with Gasteiger partial charge in [0.1, 0.15) is 11.5 Å². The molecule has 3 rings (SSSR count). The predicted molar refractivity (Wildman–Crippen MR) is 112 cm³/mol. The molecule has 10 heteroatoms. The number of aromatic nitrogens is 1. The molecule has 0 atom stereocenters. The Balaban J connectivity index is 1.70. The lowest BCUT2D eigenvalue weighted by molar-refractivity contribution is -0.384. The van der Waals surface area contributed by atoms with Gasteiger partial charge < -0.3 is 24.6 Å². The minimum atomic E-state index is -0.585. The molecule has 2 heterocycles. The van der Waals surface area contributed by atoms with Crippen molar-refractivity contribution in [3.05, 3.63) is 58.3 Å². The smallest absolute Gasteiger partial charge is 0.293 e. The topological polar surface area (TPSA) is 110 Å². The number of ether oxygens (including phenoxy) is 2. The summed E-state index contributed by atoms with van der Waals surface area (Å²) in [6.07, 6.45) is 1.16. The first-order valence-corrected chi connectivity index (χ1v) is 9.56. The number of pyridine rings is 1. The van der Waals surface area contributed by atoms with Gasteiger partial charge in [-0.2, -0.15) is 0 Å². The fraction of sp³-hybridized carbons (Fsp3) is 0.400. The van der Waals surface area contributed by atoms with Crippen LogP contribution in [0.15, 0.2) is 42.6 Å². The Labute approximate surface area is 174 Å². The zero-order valence-electron chi connectivity index (χ0n) is 17.0. The number of nitrogens with one attached hydrogen (secondary N) is 1. The Morgan fingerprint density at radius 2 is 1.87 bits per heavy atom. The van der Waals surface area contributed by atoms with E-state index >= 15 is 0 Å². The number of nitro benzene ring substituents is 1. The predicted octanol–water partition coefficient (Wildman–Crippen LogP) is 1.67. The van der Waals surface area contributed by atoms with Crippen LogP contribution in [0, 0.1) is 10.1 Å². The third-order valence-corrected chi connectivity index (χ3v) is 4.98. The van der Waals surface area contributed by atoms with Crippen molar-refractivity contribution in [2.45, 2.75) is 6.29 Å². The summed E-state index contributed by atoms with van der Waals surface area (Å²) in [5, 5.41) is 14.3. The molecule has 1 N–H and O–H groups in total. The highest BCUT2D eigenvalue weighted by Gasteiger charge is 2.25. The van der Waals surface area contributed by atoms with E-state index in [0.29, 0.717) is 31.9 Å². The van der Waals surface area contributed by atoms with Gasteiger partial charge in [-0.3, -0.25) is 14.9 Å². The van der Waals surface area contributed by atoms with E-state index in [2.05, 4.69) is 15.2 Å². The Hall–Kier alpha value is -3.24. The van der Waals surface area contributed by atoms with E-state index in [1.807, 2.05) is 23.1 Å². The van der Waals surface area contributed by atoms with Gasteiger partial charge >= 0.3 is 0 Å². The van der Waals surface area contributed by atoms with E-state index in [1.165, 1.54) is 20.3 Å². The van der Waals surface area contributed by atoms with E-state index in [-0.39, 0.29) is 17.8 Å². The molecule has 1 saturated heterocycles. The van der Waals surface area contributed by atoms with E-state index < -0.39 is 17.1 Å². The van der Waals surface area contributed by atoms with Crippen molar-refractivity contribution in [2.24, 2.45) is 0 Å². The summed E-state index contributed by atoms with van der Waals surface area (Å²) in [5.74, 6) is 0.466. The number of anilines is 2. The molecule has 0 bridgehead atoms. The van der Waals surface area contributed by atoms with Crippen molar-refractivity contribution < 1.29 is 19.2 Å². The number of nitro groups is 1. The zero-order chi connectivity index (χ0) is 21.5. The number of methoxy groups -OCH3 is 2. The summed E-state index contributed by atoms with van der Waals surface area (Å²) < 4.78 is 10.1. The third kappa shape index (κ3) is 5.02. The van der Waals surface area contributed by atoms with Crippen molar-refractivity contribution >= 4 is 23.1 Å². The monoisotopic (exact) mass is 415 g/mol. The Kier molecular flexibility index (Phi) is 7.15. The average molecular weight is 415 g/mol. The maximum atomic E-state index is 12.4. The molecule has 1 aliphatic rings. The minimum absolute atomic E-state index is 0.0935. The van der Waals surface area contributed by atoms with Crippen LogP contribution in [0.1, 0.15) is 10.4 Å². The number of piperazine rings is 1. The van der Waals surface area contributed by atoms with E-state index in [4.69, 9.17) is 9.47 Å². The van der Waals surface area contributed by atoms with Crippen LogP contribution < -0.4 is 15.1 Å². The normalized spacial score (nSPS) is 14.1. The van der Waals surface area contributed by atoms with Crippen LogP contribution in [0.2, 0.25) is 0 Å². The number of carbonyl (C=O) groups excluding carboxylic acids is 1. The maximum Gasteiger partial charge on any atom is 0.293 e. The number of amides is 1. The molecule has 0 aliphatic carbocycles. The molecular formula is C20H25N5O5. The second-order valence-electron chi connectivity index (χ2n) is 6.73. The molecule has 1 aromatic carbocycles. The SMILES string of the molecule is COC(CNC(=O)c1ccc(N2CCN(c3ccccn3)CC2)c([N+](=O)[O-])c1)OC. The first kappa shape index (κ1) is 21.5. The molecule has 0 unspecified atom stereocenters. The molecule has 160 valence electrons. The van der Waals surface area contributed by atoms with Crippen LogP contribution in [0.4, 0.5) is 17.2 Å². The number of hydrogen-bond acceptors (Lipinski definition) is 8. The van der Waals surface area contributed by atoms with Crippen molar-refractivity contribution in [2.75, 3.05) is 56.7 Å². The molecule has 1 fully saturated rings. The highest BCUT2D eigenvalue weighted by atomic mass is 16.7. The number of rotatable bonds is 8. The van der Waals surface area contributed by atoms with Gasteiger partial charge in [0.25, 0.3) is 11.6 Å². The summed E-state index contributed by atoms with van der Waals surface area (Å²) in [5.41, 5.74) is 0.622. The lowest BCUT2D eigenvalue weighted by Gasteiger charge is -2.36. The Morgan fingerprint density at radius 3 is 2.47 bits per heavy atom. The zero-order valence-corrected chi connectivity index (χ0v) is 17.0. The summed E-state index contributed by atoms with van der Waals surface area (Å²) in [6.45, 7) is 2.77. The molecular weight excluding hydrogens is 390 g/mol. The number of benzene rings is 1. The fourth-order valence-corrected chi connectivity index (χ4v) is 3.34.